The monoisotopic (exact) mass is 245 g/mol. The van der Waals surface area contributed by atoms with Gasteiger partial charge in [-0.2, -0.15) is 0 Å². The number of rotatable bonds is 1. The van der Waals surface area contributed by atoms with E-state index in [-0.39, 0.29) is 11.3 Å². The highest BCUT2D eigenvalue weighted by Crippen LogP contribution is 2.33. The average molecular weight is 245 g/mol. The predicted molar refractivity (Wildman–Crippen MR) is 65.3 cm³/mol. The third-order valence-electron chi connectivity index (χ3n) is 2.43. The maximum absolute atomic E-state index is 11.8. The van der Waals surface area contributed by atoms with Gasteiger partial charge in [-0.3, -0.25) is 0 Å². The van der Waals surface area contributed by atoms with E-state index in [1.807, 2.05) is 0 Å². The van der Waals surface area contributed by atoms with Gasteiger partial charge in [-0.25, -0.2) is 9.78 Å². The lowest BCUT2D eigenvalue weighted by Crippen LogP contribution is -2.03. The molecule has 3 aromatic rings. The third kappa shape index (κ3) is 1.52. The minimum atomic E-state index is -0.573. The van der Waals surface area contributed by atoms with Crippen LogP contribution in [0.2, 0.25) is 0 Å². The molecule has 0 aliphatic carbocycles. The van der Waals surface area contributed by atoms with E-state index >= 15 is 0 Å². The second-order valence-electron chi connectivity index (χ2n) is 3.45. The first-order valence-electron chi connectivity index (χ1n) is 4.92. The van der Waals surface area contributed by atoms with E-state index in [2.05, 4.69) is 4.98 Å². The molecule has 0 saturated heterocycles. The molecule has 5 heteroatoms. The number of aromatic hydroxyl groups is 1. The first kappa shape index (κ1) is 10.0. The van der Waals surface area contributed by atoms with E-state index < -0.39 is 5.63 Å². The van der Waals surface area contributed by atoms with Crippen molar-refractivity contribution in [3.8, 4) is 16.3 Å². The number of fused-ring (bicyclic) bond motifs is 1. The summed E-state index contributed by atoms with van der Waals surface area (Å²) in [7, 11) is 0. The highest BCUT2D eigenvalue weighted by molar-refractivity contribution is 7.13. The van der Waals surface area contributed by atoms with Gasteiger partial charge in [-0.15, -0.1) is 11.3 Å². The number of thiazole rings is 1. The Morgan fingerprint density at radius 3 is 2.88 bits per heavy atom. The summed E-state index contributed by atoms with van der Waals surface area (Å²) in [6, 6.07) is 6.86. The molecule has 0 saturated carbocycles. The van der Waals surface area contributed by atoms with E-state index in [9.17, 15) is 9.90 Å². The first-order valence-corrected chi connectivity index (χ1v) is 5.80. The van der Waals surface area contributed by atoms with Crippen molar-refractivity contribution in [3.05, 3.63) is 46.3 Å². The number of para-hydroxylation sites is 1. The van der Waals surface area contributed by atoms with E-state index in [1.54, 1.807) is 35.8 Å². The smallest absolute Gasteiger partial charge is 0.350 e. The molecular formula is C12H7NO3S. The van der Waals surface area contributed by atoms with Crippen molar-refractivity contribution in [1.29, 1.82) is 0 Å². The molecule has 0 unspecified atom stereocenters. The average Bonchev–Trinajstić information content (AvgIpc) is 2.83. The summed E-state index contributed by atoms with van der Waals surface area (Å²) in [4.78, 5) is 15.8. The van der Waals surface area contributed by atoms with Crippen LogP contribution in [0.1, 0.15) is 0 Å². The van der Waals surface area contributed by atoms with Gasteiger partial charge in [-0.05, 0) is 12.1 Å². The molecule has 0 fully saturated rings. The van der Waals surface area contributed by atoms with Crippen LogP contribution in [0.5, 0.6) is 5.75 Å². The van der Waals surface area contributed by atoms with Crippen LogP contribution in [-0.2, 0) is 0 Å². The number of hydrogen-bond acceptors (Lipinski definition) is 5. The molecule has 84 valence electrons. The van der Waals surface area contributed by atoms with Gasteiger partial charge in [0.05, 0.1) is 5.39 Å². The lowest BCUT2D eigenvalue weighted by Gasteiger charge is -2.03. The lowest BCUT2D eigenvalue weighted by molar-refractivity contribution is 0.471. The van der Waals surface area contributed by atoms with Crippen molar-refractivity contribution in [2.24, 2.45) is 0 Å². The summed E-state index contributed by atoms with van der Waals surface area (Å²) in [6.45, 7) is 0. The molecule has 1 N–H and O–H groups in total. The summed E-state index contributed by atoms with van der Waals surface area (Å²) in [6.07, 6.45) is 1.58. The van der Waals surface area contributed by atoms with Gasteiger partial charge >= 0.3 is 5.63 Å². The Kier molecular flexibility index (Phi) is 2.19. The van der Waals surface area contributed by atoms with E-state index in [1.165, 1.54) is 11.3 Å². The standard InChI is InChI=1S/C12H7NO3S/c14-10-7-3-1-2-4-8(7)16-12(15)9(10)11-13-5-6-17-11/h1-6,14H. The number of benzene rings is 1. The molecule has 3 rings (SSSR count). The minimum Gasteiger partial charge on any atom is -0.506 e. The molecule has 2 heterocycles. The fourth-order valence-corrected chi connectivity index (χ4v) is 2.34. The van der Waals surface area contributed by atoms with Gasteiger partial charge in [0.15, 0.2) is 0 Å². The first-order chi connectivity index (χ1) is 8.27. The second-order valence-corrected chi connectivity index (χ2v) is 4.34. The zero-order valence-electron chi connectivity index (χ0n) is 8.58. The van der Waals surface area contributed by atoms with E-state index in [4.69, 9.17) is 4.42 Å². The Morgan fingerprint density at radius 2 is 2.12 bits per heavy atom. The van der Waals surface area contributed by atoms with Crippen LogP contribution in [0.4, 0.5) is 0 Å². The Labute approximate surface area is 99.8 Å². The Balaban J connectivity index is 2.44. The topological polar surface area (TPSA) is 63.3 Å². The highest BCUT2D eigenvalue weighted by atomic mass is 32.1. The molecule has 0 radical (unpaired) electrons. The van der Waals surface area contributed by atoms with Crippen molar-refractivity contribution in [2.75, 3.05) is 0 Å². The summed E-state index contributed by atoms with van der Waals surface area (Å²) < 4.78 is 5.15. The number of aromatic nitrogens is 1. The second kappa shape index (κ2) is 3.71. The third-order valence-corrected chi connectivity index (χ3v) is 3.22. The molecular weight excluding hydrogens is 238 g/mol. The largest absolute Gasteiger partial charge is 0.506 e. The Hall–Kier alpha value is -2.14. The maximum atomic E-state index is 11.8. The molecule has 17 heavy (non-hydrogen) atoms. The molecule has 1 aromatic carbocycles. The summed E-state index contributed by atoms with van der Waals surface area (Å²) in [5.41, 5.74) is -0.0786. The maximum Gasteiger partial charge on any atom is 0.350 e. The molecule has 2 aromatic heterocycles. The van der Waals surface area contributed by atoms with Crippen molar-refractivity contribution in [2.45, 2.75) is 0 Å². The normalized spacial score (nSPS) is 10.8. The fraction of sp³-hybridized carbons (Fsp3) is 0. The van der Waals surface area contributed by atoms with Crippen LogP contribution in [0, 0.1) is 0 Å². The minimum absolute atomic E-state index is 0.0770. The SMILES string of the molecule is O=c1oc2ccccc2c(O)c1-c1nccs1. The summed E-state index contributed by atoms with van der Waals surface area (Å²) in [5.74, 6) is -0.0770. The Bertz CT molecular complexity index is 731. The Morgan fingerprint density at radius 1 is 1.29 bits per heavy atom. The van der Waals surface area contributed by atoms with Crippen LogP contribution in [0.15, 0.2) is 45.1 Å². The summed E-state index contributed by atoms with van der Waals surface area (Å²) in [5, 5.41) is 12.8. The molecule has 0 aliphatic heterocycles. The quantitative estimate of drug-likeness (QED) is 0.669. The lowest BCUT2D eigenvalue weighted by atomic mass is 10.1. The molecule has 0 spiro atoms. The van der Waals surface area contributed by atoms with Gasteiger partial charge in [0.25, 0.3) is 0 Å². The van der Waals surface area contributed by atoms with Crippen molar-refractivity contribution >= 4 is 22.3 Å². The van der Waals surface area contributed by atoms with E-state index in [0.29, 0.717) is 16.0 Å². The van der Waals surface area contributed by atoms with Crippen molar-refractivity contribution in [1.82, 2.24) is 4.98 Å². The number of hydrogen-bond donors (Lipinski definition) is 1. The van der Waals surface area contributed by atoms with E-state index in [0.717, 1.165) is 0 Å². The number of nitrogens with zero attached hydrogens (tertiary/aromatic N) is 1. The van der Waals surface area contributed by atoms with Gasteiger partial charge in [0.2, 0.25) is 0 Å². The fourth-order valence-electron chi connectivity index (χ4n) is 1.67. The van der Waals surface area contributed by atoms with Gasteiger partial charge < -0.3 is 9.52 Å². The highest BCUT2D eigenvalue weighted by Gasteiger charge is 2.17. The van der Waals surface area contributed by atoms with Crippen LogP contribution in [-0.4, -0.2) is 10.1 Å². The molecule has 0 aliphatic rings. The van der Waals surface area contributed by atoms with Crippen LogP contribution in [0.3, 0.4) is 0 Å². The van der Waals surface area contributed by atoms with Crippen molar-refractivity contribution in [3.63, 3.8) is 0 Å². The van der Waals surface area contributed by atoms with Gasteiger partial charge in [-0.1, -0.05) is 12.1 Å². The van der Waals surface area contributed by atoms with Gasteiger partial charge in [0, 0.05) is 11.6 Å². The zero-order valence-corrected chi connectivity index (χ0v) is 9.40. The summed E-state index contributed by atoms with van der Waals surface area (Å²) >= 11 is 1.28. The van der Waals surface area contributed by atoms with Crippen LogP contribution in [0.25, 0.3) is 21.5 Å². The molecule has 0 amide bonds. The molecule has 4 nitrogen and oxygen atoms in total. The van der Waals surface area contributed by atoms with Crippen LogP contribution >= 0.6 is 11.3 Å². The predicted octanol–water partition coefficient (Wildman–Crippen LogP) is 2.62. The van der Waals surface area contributed by atoms with Gasteiger partial charge in [0.1, 0.15) is 21.9 Å². The van der Waals surface area contributed by atoms with Crippen molar-refractivity contribution < 1.29 is 9.52 Å². The molecule has 0 atom stereocenters. The van der Waals surface area contributed by atoms with Crippen LogP contribution < -0.4 is 5.63 Å². The zero-order chi connectivity index (χ0) is 11.8. The molecule has 0 bridgehead atoms.